The van der Waals surface area contributed by atoms with Crippen molar-refractivity contribution in [1.29, 1.82) is 0 Å². The highest BCUT2D eigenvalue weighted by Gasteiger charge is 2.61. The second-order valence-electron chi connectivity index (χ2n) is 10.1. The predicted octanol–water partition coefficient (Wildman–Crippen LogP) is 4.06. The van der Waals surface area contributed by atoms with Crippen molar-refractivity contribution in [2.45, 2.75) is 84.8 Å². The Hall–Kier alpha value is -1.16. The van der Waals surface area contributed by atoms with Crippen molar-refractivity contribution in [3.63, 3.8) is 0 Å². The van der Waals surface area contributed by atoms with E-state index >= 15 is 0 Å². The highest BCUT2D eigenvalue weighted by Crippen LogP contribution is 2.66. The van der Waals surface area contributed by atoms with E-state index in [1.165, 1.54) is 12.5 Å². The van der Waals surface area contributed by atoms with E-state index in [2.05, 4.69) is 19.9 Å². The standard InChI is InChI=1S/C23H34O4/c1-13(24)17-5-6-18-21-19(8-10-23(17,18)4)22(3)9-7-16(27-14(2)25)11-15(22)12-20(21)26/h12,16-21,26H,5-11H2,1-4H3/t16-,17+,18-,19-,20?,21-,22-,23+/m0/s1. The van der Waals surface area contributed by atoms with Crippen LogP contribution in [0.1, 0.15) is 72.6 Å². The van der Waals surface area contributed by atoms with Crippen LogP contribution >= 0.6 is 0 Å². The van der Waals surface area contributed by atoms with Gasteiger partial charge in [-0.15, -0.1) is 0 Å². The third-order valence-corrected chi connectivity index (χ3v) is 8.91. The van der Waals surface area contributed by atoms with Gasteiger partial charge in [0.15, 0.2) is 0 Å². The number of aliphatic hydroxyl groups is 1. The minimum atomic E-state index is -0.440. The molecule has 1 unspecified atom stereocenters. The van der Waals surface area contributed by atoms with Crippen molar-refractivity contribution >= 4 is 11.8 Å². The third-order valence-electron chi connectivity index (χ3n) is 8.91. The number of ketones is 1. The van der Waals surface area contributed by atoms with E-state index in [1.54, 1.807) is 6.92 Å². The lowest BCUT2D eigenvalue weighted by Gasteiger charge is -2.59. The van der Waals surface area contributed by atoms with Gasteiger partial charge in [0.2, 0.25) is 0 Å². The summed E-state index contributed by atoms with van der Waals surface area (Å²) in [6, 6.07) is 0. The van der Waals surface area contributed by atoms with Crippen molar-refractivity contribution in [3.8, 4) is 0 Å². The highest BCUT2D eigenvalue weighted by atomic mass is 16.5. The Kier molecular flexibility index (Phi) is 4.57. The van der Waals surface area contributed by atoms with E-state index in [1.807, 2.05) is 0 Å². The van der Waals surface area contributed by atoms with Gasteiger partial charge in [0.1, 0.15) is 11.9 Å². The van der Waals surface area contributed by atoms with Crippen LogP contribution < -0.4 is 0 Å². The quantitative estimate of drug-likeness (QED) is 0.585. The van der Waals surface area contributed by atoms with Crippen LogP contribution in [0.25, 0.3) is 0 Å². The van der Waals surface area contributed by atoms with E-state index in [0.717, 1.165) is 44.9 Å². The summed E-state index contributed by atoms with van der Waals surface area (Å²) in [6.45, 7) is 7.89. The van der Waals surface area contributed by atoms with Crippen LogP contribution in [0, 0.1) is 34.5 Å². The molecule has 3 saturated carbocycles. The number of fused-ring (bicyclic) bond motifs is 5. The lowest BCUT2D eigenvalue weighted by atomic mass is 9.46. The number of Topliss-reactive ketones (excluding diaryl/α,β-unsaturated/α-hetero) is 1. The molecule has 0 bridgehead atoms. The molecule has 0 spiro atoms. The lowest BCUT2D eigenvalue weighted by molar-refractivity contribution is -0.150. The fourth-order valence-electron chi connectivity index (χ4n) is 7.62. The molecule has 4 aliphatic carbocycles. The predicted molar refractivity (Wildman–Crippen MR) is 103 cm³/mol. The Morgan fingerprint density at radius 3 is 2.48 bits per heavy atom. The molecule has 0 aromatic carbocycles. The van der Waals surface area contributed by atoms with Crippen molar-refractivity contribution in [3.05, 3.63) is 11.6 Å². The molecular formula is C23H34O4. The minimum Gasteiger partial charge on any atom is -0.462 e. The Bertz CT molecular complexity index is 682. The highest BCUT2D eigenvalue weighted by molar-refractivity contribution is 5.79. The van der Waals surface area contributed by atoms with Gasteiger partial charge in [-0.25, -0.2) is 0 Å². The van der Waals surface area contributed by atoms with E-state index in [9.17, 15) is 14.7 Å². The Balaban J connectivity index is 1.64. The first-order valence-corrected chi connectivity index (χ1v) is 10.7. The molecule has 0 saturated heterocycles. The zero-order valence-corrected chi connectivity index (χ0v) is 17.2. The van der Waals surface area contributed by atoms with Gasteiger partial charge >= 0.3 is 5.97 Å². The molecule has 0 aliphatic heterocycles. The molecule has 150 valence electrons. The molecule has 8 atom stereocenters. The smallest absolute Gasteiger partial charge is 0.302 e. The van der Waals surface area contributed by atoms with Gasteiger partial charge in [0, 0.05) is 19.3 Å². The van der Waals surface area contributed by atoms with E-state index in [-0.39, 0.29) is 34.7 Å². The molecule has 3 fully saturated rings. The number of aliphatic hydroxyl groups excluding tert-OH is 1. The zero-order valence-electron chi connectivity index (χ0n) is 17.2. The fourth-order valence-corrected chi connectivity index (χ4v) is 7.62. The summed E-state index contributed by atoms with van der Waals surface area (Å²) in [5.41, 5.74) is 1.43. The number of rotatable bonds is 2. The van der Waals surface area contributed by atoms with Gasteiger partial charge < -0.3 is 9.84 Å². The van der Waals surface area contributed by atoms with Crippen molar-refractivity contribution in [2.75, 3.05) is 0 Å². The Morgan fingerprint density at radius 1 is 1.07 bits per heavy atom. The molecule has 1 N–H and O–H groups in total. The van der Waals surface area contributed by atoms with Crippen LogP contribution in [0.2, 0.25) is 0 Å². The van der Waals surface area contributed by atoms with Crippen LogP contribution in [0.15, 0.2) is 11.6 Å². The van der Waals surface area contributed by atoms with Gasteiger partial charge in [0.05, 0.1) is 6.10 Å². The SMILES string of the molecule is CC(=O)O[C@H]1CC[C@@]2(C)C(=CC(O)[C@H]3[C@@H]4CC[C@H](C(C)=O)[C@@]4(C)CC[C@@H]32)C1. The molecule has 0 heterocycles. The molecule has 27 heavy (non-hydrogen) atoms. The van der Waals surface area contributed by atoms with Crippen LogP contribution in [0.5, 0.6) is 0 Å². The maximum Gasteiger partial charge on any atom is 0.302 e. The van der Waals surface area contributed by atoms with E-state index in [0.29, 0.717) is 17.6 Å². The third kappa shape index (κ3) is 2.82. The van der Waals surface area contributed by atoms with Gasteiger partial charge in [-0.2, -0.15) is 0 Å². The number of esters is 1. The summed E-state index contributed by atoms with van der Waals surface area (Å²) in [5, 5.41) is 11.1. The van der Waals surface area contributed by atoms with Gasteiger partial charge in [0.25, 0.3) is 0 Å². The average Bonchev–Trinajstić information content (AvgIpc) is 2.93. The zero-order chi connectivity index (χ0) is 19.6. The summed E-state index contributed by atoms with van der Waals surface area (Å²) >= 11 is 0. The second-order valence-corrected chi connectivity index (χ2v) is 10.1. The van der Waals surface area contributed by atoms with Gasteiger partial charge in [-0.3, -0.25) is 9.59 Å². The van der Waals surface area contributed by atoms with Crippen molar-refractivity contribution in [2.24, 2.45) is 34.5 Å². The normalized spacial score (nSPS) is 48.7. The molecule has 0 aromatic heterocycles. The van der Waals surface area contributed by atoms with Crippen LogP contribution in [0.3, 0.4) is 0 Å². The number of carbonyl (C=O) groups is 2. The molecule has 0 radical (unpaired) electrons. The fraction of sp³-hybridized carbons (Fsp3) is 0.826. The number of hydrogen-bond donors (Lipinski definition) is 1. The topological polar surface area (TPSA) is 63.6 Å². The first-order chi connectivity index (χ1) is 12.7. The monoisotopic (exact) mass is 374 g/mol. The van der Waals surface area contributed by atoms with Gasteiger partial charge in [-0.1, -0.05) is 25.5 Å². The Labute approximate surface area is 162 Å². The summed E-state index contributed by atoms with van der Waals surface area (Å²) in [4.78, 5) is 23.6. The number of ether oxygens (including phenoxy) is 1. The first-order valence-electron chi connectivity index (χ1n) is 10.7. The minimum absolute atomic E-state index is 0.0463. The Morgan fingerprint density at radius 2 is 1.81 bits per heavy atom. The largest absolute Gasteiger partial charge is 0.462 e. The van der Waals surface area contributed by atoms with Crippen molar-refractivity contribution in [1.82, 2.24) is 0 Å². The maximum atomic E-state index is 12.2. The van der Waals surface area contributed by atoms with Gasteiger partial charge in [-0.05, 0) is 74.0 Å². The summed E-state index contributed by atoms with van der Waals surface area (Å²) in [7, 11) is 0. The molecule has 4 heteroatoms. The molecule has 4 nitrogen and oxygen atoms in total. The van der Waals surface area contributed by atoms with Crippen molar-refractivity contribution < 1.29 is 19.4 Å². The average molecular weight is 375 g/mol. The summed E-state index contributed by atoms with van der Waals surface area (Å²) < 4.78 is 5.48. The van der Waals surface area contributed by atoms with Crippen LogP contribution in [-0.4, -0.2) is 29.1 Å². The van der Waals surface area contributed by atoms with E-state index in [4.69, 9.17) is 4.74 Å². The van der Waals surface area contributed by atoms with Crippen LogP contribution in [0.4, 0.5) is 0 Å². The molecule has 0 aromatic rings. The molecular weight excluding hydrogens is 340 g/mol. The lowest BCUT2D eigenvalue weighted by Crippen LogP contribution is -2.55. The number of carbonyl (C=O) groups excluding carboxylic acids is 2. The maximum absolute atomic E-state index is 12.2. The molecule has 4 aliphatic rings. The number of hydrogen-bond acceptors (Lipinski definition) is 4. The molecule has 4 rings (SSSR count). The first kappa shape index (κ1) is 19.2. The molecule has 0 amide bonds. The van der Waals surface area contributed by atoms with Crippen LogP contribution in [-0.2, 0) is 14.3 Å². The summed E-state index contributed by atoms with van der Waals surface area (Å²) in [5.74, 6) is 1.43. The summed E-state index contributed by atoms with van der Waals surface area (Å²) in [6.07, 6.45) is 8.50. The van der Waals surface area contributed by atoms with E-state index < -0.39 is 6.10 Å². The second kappa shape index (κ2) is 6.43.